The lowest BCUT2D eigenvalue weighted by molar-refractivity contribution is 0.467. The van der Waals surface area contributed by atoms with Crippen LogP contribution in [0.15, 0.2) is 28.5 Å². The summed E-state index contributed by atoms with van der Waals surface area (Å²) in [5, 5.41) is 9.57. The molecule has 0 aliphatic carbocycles. The molecule has 0 fully saturated rings. The molecule has 2 rings (SSSR count). The minimum Gasteiger partial charge on any atom is -0.508 e. The first-order valence-corrected chi connectivity index (χ1v) is 7.97. The zero-order valence-electron chi connectivity index (χ0n) is 9.92. The van der Waals surface area contributed by atoms with Gasteiger partial charge in [0.2, 0.25) is 0 Å². The number of aromatic hydroxyl groups is 1. The van der Waals surface area contributed by atoms with E-state index < -0.39 is 10.0 Å². The maximum atomic E-state index is 12.1. The Morgan fingerprint density at radius 1 is 1.42 bits per heavy atom. The van der Waals surface area contributed by atoms with Gasteiger partial charge in [0.1, 0.15) is 5.75 Å². The van der Waals surface area contributed by atoms with Crippen LogP contribution in [0.1, 0.15) is 11.3 Å². The van der Waals surface area contributed by atoms with E-state index in [2.05, 4.69) is 9.71 Å². The number of hydrogen-bond acceptors (Lipinski definition) is 5. The van der Waals surface area contributed by atoms with Crippen molar-refractivity contribution >= 4 is 33.0 Å². The van der Waals surface area contributed by atoms with Crippen molar-refractivity contribution in [1.29, 1.82) is 0 Å². The summed E-state index contributed by atoms with van der Waals surface area (Å²) in [4.78, 5) is 3.87. The van der Waals surface area contributed by atoms with Gasteiger partial charge in [0.15, 0.2) is 8.68 Å². The molecule has 0 radical (unpaired) electrons. The molecule has 1 aromatic carbocycles. The summed E-state index contributed by atoms with van der Waals surface area (Å²) in [5.74, 6) is 0.0456. The number of para-hydroxylation sites is 1. The van der Waals surface area contributed by atoms with E-state index in [1.807, 2.05) is 0 Å². The van der Waals surface area contributed by atoms with Gasteiger partial charge in [-0.2, -0.15) is 0 Å². The number of nitrogens with one attached hydrogen (secondary N) is 1. The summed E-state index contributed by atoms with van der Waals surface area (Å²) in [5.41, 5.74) is 0.860. The molecule has 2 N–H and O–H groups in total. The van der Waals surface area contributed by atoms with Crippen LogP contribution in [-0.2, 0) is 16.6 Å². The zero-order chi connectivity index (χ0) is 14.0. The van der Waals surface area contributed by atoms with Crippen LogP contribution in [0.4, 0.5) is 0 Å². The number of hydrogen-bond donors (Lipinski definition) is 2. The first-order valence-electron chi connectivity index (χ1n) is 5.29. The van der Waals surface area contributed by atoms with E-state index in [0.717, 1.165) is 11.3 Å². The quantitative estimate of drug-likeness (QED) is 0.906. The van der Waals surface area contributed by atoms with Crippen LogP contribution < -0.4 is 4.72 Å². The Morgan fingerprint density at radius 3 is 2.68 bits per heavy atom. The maximum Gasteiger partial charge on any atom is 0.252 e. The van der Waals surface area contributed by atoms with Crippen LogP contribution in [-0.4, -0.2) is 18.5 Å². The molecule has 19 heavy (non-hydrogen) atoms. The summed E-state index contributed by atoms with van der Waals surface area (Å²) in [6.45, 7) is 1.58. The standard InChI is InChI=1S/C11H11ClN2O3S2/c1-7-10(18-11(12)14-7)19(16,17)13-6-8-4-2-3-5-9(8)15/h2-5,13,15H,6H2,1H3. The Labute approximate surface area is 119 Å². The number of halogens is 1. The third kappa shape index (κ3) is 3.24. The summed E-state index contributed by atoms with van der Waals surface area (Å²) in [6, 6.07) is 6.53. The fourth-order valence-electron chi connectivity index (χ4n) is 1.50. The second-order valence-corrected chi connectivity index (χ2v) is 7.34. The summed E-state index contributed by atoms with van der Waals surface area (Å²) < 4.78 is 26.8. The van der Waals surface area contributed by atoms with Crippen LogP contribution >= 0.6 is 22.9 Å². The van der Waals surface area contributed by atoms with Crippen LogP contribution in [0.3, 0.4) is 0 Å². The van der Waals surface area contributed by atoms with Gasteiger partial charge in [0.05, 0.1) is 5.69 Å². The molecule has 8 heteroatoms. The number of aryl methyl sites for hydroxylation is 1. The fourth-order valence-corrected chi connectivity index (χ4v) is 4.29. The van der Waals surface area contributed by atoms with Crippen LogP contribution in [0, 0.1) is 6.92 Å². The second kappa shape index (κ2) is 5.46. The largest absolute Gasteiger partial charge is 0.508 e. The highest BCUT2D eigenvalue weighted by atomic mass is 35.5. The van der Waals surface area contributed by atoms with Gasteiger partial charge in [-0.05, 0) is 13.0 Å². The van der Waals surface area contributed by atoms with Gasteiger partial charge in [-0.15, -0.1) is 0 Å². The number of phenolic OH excluding ortho intramolecular Hbond substituents is 1. The van der Waals surface area contributed by atoms with Gasteiger partial charge in [-0.3, -0.25) is 0 Å². The van der Waals surface area contributed by atoms with Crippen molar-refractivity contribution < 1.29 is 13.5 Å². The van der Waals surface area contributed by atoms with Gasteiger partial charge < -0.3 is 5.11 Å². The molecular weight excluding hydrogens is 308 g/mol. The van der Waals surface area contributed by atoms with E-state index in [-0.39, 0.29) is 21.0 Å². The maximum absolute atomic E-state index is 12.1. The van der Waals surface area contributed by atoms with E-state index in [1.54, 1.807) is 25.1 Å². The molecule has 1 aromatic heterocycles. The number of nitrogens with zero attached hydrogens (tertiary/aromatic N) is 1. The number of rotatable bonds is 4. The predicted molar refractivity (Wildman–Crippen MR) is 74.0 cm³/mol. The lowest BCUT2D eigenvalue weighted by Gasteiger charge is -2.06. The Morgan fingerprint density at radius 2 is 2.11 bits per heavy atom. The molecule has 0 saturated heterocycles. The van der Waals surface area contributed by atoms with Crippen molar-refractivity contribution in [2.24, 2.45) is 0 Å². The first-order chi connectivity index (χ1) is 8.90. The van der Waals surface area contributed by atoms with Crippen LogP contribution in [0.2, 0.25) is 4.47 Å². The SMILES string of the molecule is Cc1nc(Cl)sc1S(=O)(=O)NCc1ccccc1O. The number of sulfonamides is 1. The molecule has 1 heterocycles. The summed E-state index contributed by atoms with van der Waals surface area (Å²) >= 11 is 6.59. The van der Waals surface area contributed by atoms with Crippen LogP contribution in [0.5, 0.6) is 5.75 Å². The van der Waals surface area contributed by atoms with Gasteiger partial charge in [-0.25, -0.2) is 18.1 Å². The van der Waals surface area contributed by atoms with Crippen LogP contribution in [0.25, 0.3) is 0 Å². The zero-order valence-corrected chi connectivity index (χ0v) is 12.3. The molecule has 0 atom stereocenters. The van der Waals surface area contributed by atoms with E-state index >= 15 is 0 Å². The molecule has 0 aliphatic heterocycles. The smallest absolute Gasteiger partial charge is 0.252 e. The third-order valence-electron chi connectivity index (χ3n) is 2.42. The predicted octanol–water partition coefficient (Wildman–Crippen LogP) is 2.29. The summed E-state index contributed by atoms with van der Waals surface area (Å²) in [6.07, 6.45) is 0. The number of aromatic nitrogens is 1. The first kappa shape index (κ1) is 14.3. The average Bonchev–Trinajstić information content (AvgIpc) is 2.68. The lowest BCUT2D eigenvalue weighted by Crippen LogP contribution is -2.23. The Kier molecular flexibility index (Phi) is 4.10. The molecule has 5 nitrogen and oxygen atoms in total. The molecule has 0 unspecified atom stereocenters. The van der Waals surface area contributed by atoms with Gasteiger partial charge in [0, 0.05) is 12.1 Å². The van der Waals surface area contributed by atoms with Crippen molar-refractivity contribution in [2.75, 3.05) is 0 Å². The Hall–Kier alpha value is -1.15. The number of thiazole rings is 1. The normalized spacial score (nSPS) is 11.7. The average molecular weight is 319 g/mol. The molecule has 2 aromatic rings. The van der Waals surface area contributed by atoms with Gasteiger partial charge in [0.25, 0.3) is 10.0 Å². The highest BCUT2D eigenvalue weighted by molar-refractivity contribution is 7.91. The minimum atomic E-state index is -3.67. The third-order valence-corrected chi connectivity index (χ3v) is 5.69. The fraction of sp³-hybridized carbons (Fsp3) is 0.182. The second-order valence-electron chi connectivity index (χ2n) is 3.79. The van der Waals surface area contributed by atoms with E-state index in [9.17, 15) is 13.5 Å². The Bertz CT molecular complexity index is 698. The number of benzene rings is 1. The van der Waals surface area contributed by atoms with Crippen molar-refractivity contribution in [2.45, 2.75) is 17.7 Å². The number of phenols is 1. The summed E-state index contributed by atoms with van der Waals surface area (Å²) in [7, 11) is -3.67. The highest BCUT2D eigenvalue weighted by Crippen LogP contribution is 2.27. The van der Waals surface area contributed by atoms with Crippen molar-refractivity contribution in [3.05, 3.63) is 40.0 Å². The van der Waals surface area contributed by atoms with E-state index in [0.29, 0.717) is 11.3 Å². The van der Waals surface area contributed by atoms with E-state index in [1.165, 1.54) is 6.07 Å². The lowest BCUT2D eigenvalue weighted by atomic mass is 10.2. The molecule has 0 saturated carbocycles. The molecular formula is C11H11ClN2O3S2. The molecule has 0 amide bonds. The topological polar surface area (TPSA) is 79.3 Å². The van der Waals surface area contributed by atoms with Gasteiger partial charge >= 0.3 is 0 Å². The van der Waals surface area contributed by atoms with Crippen molar-refractivity contribution in [1.82, 2.24) is 9.71 Å². The monoisotopic (exact) mass is 318 g/mol. The van der Waals surface area contributed by atoms with Crippen molar-refractivity contribution in [3.63, 3.8) is 0 Å². The molecule has 0 bridgehead atoms. The minimum absolute atomic E-state index is 0.00393. The Balaban J connectivity index is 2.19. The van der Waals surface area contributed by atoms with E-state index in [4.69, 9.17) is 11.6 Å². The highest BCUT2D eigenvalue weighted by Gasteiger charge is 2.21. The molecule has 0 aliphatic rings. The van der Waals surface area contributed by atoms with Gasteiger partial charge in [-0.1, -0.05) is 41.1 Å². The van der Waals surface area contributed by atoms with Crippen molar-refractivity contribution in [3.8, 4) is 5.75 Å². The molecule has 0 spiro atoms. The molecule has 102 valence electrons.